The molecular weight excluding hydrogens is 522 g/mol. The Hall–Kier alpha value is -3.56. The minimum absolute atomic E-state index is 0.0378. The number of carbonyl (C=O) groups excluding carboxylic acids is 3. The molecule has 0 N–H and O–H groups in total. The summed E-state index contributed by atoms with van der Waals surface area (Å²) in [5.41, 5.74) is 1.21. The van der Waals surface area contributed by atoms with E-state index in [1.54, 1.807) is 24.3 Å². The molecule has 0 aliphatic carbocycles. The van der Waals surface area contributed by atoms with E-state index in [9.17, 15) is 14.4 Å². The molecule has 2 heterocycles. The molecule has 0 saturated carbocycles. The van der Waals surface area contributed by atoms with Crippen LogP contribution in [0.3, 0.4) is 0 Å². The molecule has 1 saturated heterocycles. The molecular formula is C30H28ClNO7. The number of ether oxygens (including phenoxy) is 4. The lowest BCUT2D eigenvalue weighted by Gasteiger charge is -2.46. The fourth-order valence-corrected chi connectivity index (χ4v) is 5.31. The van der Waals surface area contributed by atoms with Crippen LogP contribution in [0.15, 0.2) is 84.9 Å². The average Bonchev–Trinajstić information content (AvgIpc) is 3.19. The van der Waals surface area contributed by atoms with Crippen molar-refractivity contribution in [3.63, 3.8) is 0 Å². The van der Waals surface area contributed by atoms with Gasteiger partial charge in [0.1, 0.15) is 18.2 Å². The van der Waals surface area contributed by atoms with Gasteiger partial charge in [-0.05, 0) is 23.3 Å². The molecule has 202 valence electrons. The number of amides is 2. The highest BCUT2D eigenvalue weighted by molar-refractivity contribution is 6.24. The first-order valence-corrected chi connectivity index (χ1v) is 13.1. The van der Waals surface area contributed by atoms with Crippen molar-refractivity contribution in [1.29, 1.82) is 0 Å². The third-order valence-corrected chi connectivity index (χ3v) is 7.07. The van der Waals surface area contributed by atoms with E-state index in [4.69, 9.17) is 30.5 Å². The number of alkyl halides is 1. The number of fused-ring (bicyclic) bond motifs is 1. The van der Waals surface area contributed by atoms with Crippen molar-refractivity contribution in [3.8, 4) is 0 Å². The molecule has 2 amide bonds. The maximum atomic E-state index is 13.4. The van der Waals surface area contributed by atoms with Crippen LogP contribution in [0.25, 0.3) is 0 Å². The summed E-state index contributed by atoms with van der Waals surface area (Å²) >= 11 is 6.76. The Morgan fingerprint density at radius 1 is 0.821 bits per heavy atom. The predicted octanol–water partition coefficient (Wildman–Crippen LogP) is 4.35. The van der Waals surface area contributed by atoms with Gasteiger partial charge in [-0.2, -0.15) is 0 Å². The summed E-state index contributed by atoms with van der Waals surface area (Å²) < 4.78 is 24.0. The zero-order chi connectivity index (χ0) is 27.4. The molecule has 8 nitrogen and oxygen atoms in total. The van der Waals surface area contributed by atoms with Gasteiger partial charge in [0.15, 0.2) is 11.7 Å². The number of carbonyl (C=O) groups is 3. The molecule has 1 fully saturated rings. The Morgan fingerprint density at radius 3 is 1.92 bits per heavy atom. The smallest absolute Gasteiger partial charge is 0.303 e. The summed E-state index contributed by atoms with van der Waals surface area (Å²) in [5, 5.41) is 0. The predicted molar refractivity (Wildman–Crippen MR) is 142 cm³/mol. The molecule has 0 radical (unpaired) electrons. The second-order valence-electron chi connectivity index (χ2n) is 9.38. The van der Waals surface area contributed by atoms with E-state index in [0.29, 0.717) is 6.61 Å². The van der Waals surface area contributed by atoms with Gasteiger partial charge >= 0.3 is 5.97 Å². The number of hydrogen-bond acceptors (Lipinski definition) is 7. The van der Waals surface area contributed by atoms with Gasteiger partial charge in [-0.3, -0.25) is 19.3 Å². The van der Waals surface area contributed by atoms with Crippen molar-refractivity contribution in [2.75, 3.05) is 6.61 Å². The van der Waals surface area contributed by atoms with Crippen molar-refractivity contribution in [1.82, 2.24) is 4.90 Å². The highest BCUT2D eigenvalue weighted by Gasteiger charge is 2.55. The molecule has 2 aliphatic rings. The van der Waals surface area contributed by atoms with E-state index < -0.39 is 47.7 Å². The molecule has 0 spiro atoms. The summed E-state index contributed by atoms with van der Waals surface area (Å²) in [4.78, 5) is 40.1. The van der Waals surface area contributed by atoms with Crippen LogP contribution in [0.1, 0.15) is 38.8 Å². The van der Waals surface area contributed by atoms with Crippen molar-refractivity contribution in [2.24, 2.45) is 0 Å². The van der Waals surface area contributed by atoms with Crippen LogP contribution in [0.4, 0.5) is 0 Å². The lowest BCUT2D eigenvalue weighted by Crippen LogP contribution is -2.65. The molecule has 0 bridgehead atoms. The van der Waals surface area contributed by atoms with Crippen LogP contribution in [-0.2, 0) is 37.0 Å². The molecule has 9 heteroatoms. The maximum absolute atomic E-state index is 13.4. The van der Waals surface area contributed by atoms with Crippen molar-refractivity contribution in [2.45, 2.75) is 50.1 Å². The van der Waals surface area contributed by atoms with Gasteiger partial charge in [0.05, 0.1) is 30.9 Å². The van der Waals surface area contributed by atoms with Crippen LogP contribution in [0.5, 0.6) is 0 Å². The van der Waals surface area contributed by atoms with Crippen LogP contribution in [0.2, 0.25) is 0 Å². The summed E-state index contributed by atoms with van der Waals surface area (Å²) in [6.07, 6.45) is -2.81. The van der Waals surface area contributed by atoms with Gasteiger partial charge in [0.2, 0.25) is 0 Å². The quantitative estimate of drug-likeness (QED) is 0.223. The highest BCUT2D eigenvalue weighted by atomic mass is 35.5. The van der Waals surface area contributed by atoms with Crippen LogP contribution < -0.4 is 0 Å². The second kappa shape index (κ2) is 12.1. The Balaban J connectivity index is 1.44. The number of imide groups is 1. The van der Waals surface area contributed by atoms with Gasteiger partial charge in [-0.1, -0.05) is 84.4 Å². The normalized spacial score (nSPS) is 24.5. The highest BCUT2D eigenvalue weighted by Crippen LogP contribution is 2.36. The van der Waals surface area contributed by atoms with E-state index in [-0.39, 0.29) is 24.3 Å². The Labute approximate surface area is 231 Å². The number of hydrogen-bond donors (Lipinski definition) is 0. The zero-order valence-electron chi connectivity index (χ0n) is 21.3. The monoisotopic (exact) mass is 549 g/mol. The number of halogens is 1. The zero-order valence-corrected chi connectivity index (χ0v) is 22.0. The second-order valence-corrected chi connectivity index (χ2v) is 9.81. The molecule has 2 aliphatic heterocycles. The Morgan fingerprint density at radius 2 is 1.36 bits per heavy atom. The summed E-state index contributed by atoms with van der Waals surface area (Å²) in [6, 6.07) is 24.5. The minimum Gasteiger partial charge on any atom is -0.457 e. The van der Waals surface area contributed by atoms with Crippen molar-refractivity contribution < 1.29 is 33.3 Å². The van der Waals surface area contributed by atoms with Gasteiger partial charge in [-0.25, -0.2) is 0 Å². The number of nitrogens with zero attached hydrogens (tertiary/aromatic N) is 1. The summed E-state index contributed by atoms with van der Waals surface area (Å²) in [5.74, 6) is -1.59. The van der Waals surface area contributed by atoms with Gasteiger partial charge in [0.25, 0.3) is 11.8 Å². The molecule has 0 aromatic heterocycles. The largest absolute Gasteiger partial charge is 0.457 e. The lowest BCUT2D eigenvalue weighted by atomic mass is 9.96. The van der Waals surface area contributed by atoms with Crippen LogP contribution >= 0.6 is 11.6 Å². The average molecular weight is 550 g/mol. The molecule has 39 heavy (non-hydrogen) atoms. The molecule has 3 aromatic carbocycles. The molecule has 5 atom stereocenters. The third kappa shape index (κ3) is 5.89. The van der Waals surface area contributed by atoms with E-state index in [0.717, 1.165) is 16.0 Å². The molecule has 3 aromatic rings. The van der Waals surface area contributed by atoms with Gasteiger partial charge in [0, 0.05) is 6.92 Å². The summed E-state index contributed by atoms with van der Waals surface area (Å²) in [6.45, 7) is 1.75. The van der Waals surface area contributed by atoms with E-state index in [1.807, 2.05) is 60.7 Å². The maximum Gasteiger partial charge on any atom is 0.303 e. The summed E-state index contributed by atoms with van der Waals surface area (Å²) in [7, 11) is 0. The molecule has 0 unspecified atom stereocenters. The van der Waals surface area contributed by atoms with E-state index in [1.165, 1.54) is 6.92 Å². The van der Waals surface area contributed by atoms with Crippen molar-refractivity contribution >= 4 is 29.4 Å². The Kier molecular flexibility index (Phi) is 8.38. The van der Waals surface area contributed by atoms with E-state index >= 15 is 0 Å². The standard InChI is InChI=1S/C30H28ClNO7/c1-19(33)38-26-24(18-36-16-20-10-4-2-5-11-20)39-28(31)25(27(26)37-17-21-12-6-3-7-13-21)32-29(34)22-14-8-9-15-23(22)30(32)35/h2-15,24-28H,16-18H2,1H3/t24-,25-,26-,27-,28-/m1/s1. The van der Waals surface area contributed by atoms with Gasteiger partial charge in [-0.15, -0.1) is 0 Å². The SMILES string of the molecule is CC(=O)O[C@H]1[C@H](OCc2ccccc2)[C@@H](N2C(=O)c3ccccc3C2=O)[C@H](Cl)O[C@@H]1COCc1ccccc1. The first-order chi connectivity index (χ1) is 18.9. The van der Waals surface area contributed by atoms with Gasteiger partial charge < -0.3 is 18.9 Å². The van der Waals surface area contributed by atoms with Crippen LogP contribution in [0, 0.1) is 0 Å². The van der Waals surface area contributed by atoms with Crippen LogP contribution in [-0.4, -0.2) is 59.2 Å². The first-order valence-electron chi connectivity index (χ1n) is 12.6. The lowest BCUT2D eigenvalue weighted by molar-refractivity contribution is -0.221. The first kappa shape index (κ1) is 27.0. The number of rotatable bonds is 9. The fraction of sp³-hybridized carbons (Fsp3) is 0.300. The molecule has 5 rings (SSSR count). The fourth-order valence-electron chi connectivity index (χ4n) is 4.92. The third-order valence-electron chi connectivity index (χ3n) is 6.70. The number of esters is 1. The van der Waals surface area contributed by atoms with Crippen molar-refractivity contribution in [3.05, 3.63) is 107 Å². The number of benzene rings is 3. The minimum atomic E-state index is -1.15. The topological polar surface area (TPSA) is 91.4 Å². The van der Waals surface area contributed by atoms with E-state index in [2.05, 4.69) is 0 Å². The Bertz CT molecular complexity index is 1280.